The molecule has 0 spiro atoms. The summed E-state index contributed by atoms with van der Waals surface area (Å²) in [7, 11) is 0. The maximum absolute atomic E-state index is 12.4. The minimum absolute atomic E-state index is 0.0388. The van der Waals surface area contributed by atoms with E-state index in [1.54, 1.807) is 35.1 Å². The Morgan fingerprint density at radius 1 is 1.32 bits per heavy atom. The number of fused-ring (bicyclic) bond motifs is 1. The molecule has 0 saturated heterocycles. The zero-order valence-corrected chi connectivity index (χ0v) is 14.9. The quantitative estimate of drug-likeness (QED) is 0.878. The van der Waals surface area contributed by atoms with Crippen molar-refractivity contribution < 1.29 is 9.59 Å². The van der Waals surface area contributed by atoms with Crippen molar-refractivity contribution in [2.24, 2.45) is 5.92 Å². The number of nitrogens with zero attached hydrogens (tertiary/aromatic N) is 5. The number of rotatable bonds is 5. The lowest BCUT2D eigenvalue weighted by molar-refractivity contribution is -0.130. The molecule has 0 radical (unpaired) electrons. The highest BCUT2D eigenvalue weighted by Gasteiger charge is 2.22. The number of carbonyl (C=O) groups excluding carboxylic acids is 2. The smallest absolute Gasteiger partial charge is 0.272 e. The van der Waals surface area contributed by atoms with E-state index in [-0.39, 0.29) is 11.8 Å². The van der Waals surface area contributed by atoms with Crippen LogP contribution in [-0.2, 0) is 31.0 Å². The lowest BCUT2D eigenvalue weighted by atomic mass is 10.2. The average Bonchev–Trinajstić information content (AvgIpc) is 3.17. The molecule has 1 aliphatic heterocycles. The van der Waals surface area contributed by atoms with Gasteiger partial charge in [0.2, 0.25) is 5.91 Å². The molecule has 1 N–H and O–H groups in total. The summed E-state index contributed by atoms with van der Waals surface area (Å²) in [6.45, 7) is 8.85. The highest BCUT2D eigenvalue weighted by atomic mass is 16.2. The summed E-state index contributed by atoms with van der Waals surface area (Å²) in [4.78, 5) is 29.8. The van der Waals surface area contributed by atoms with Crippen molar-refractivity contribution in [2.75, 3.05) is 6.54 Å². The number of aromatic nitrogens is 4. The number of nitrogens with one attached hydrogen (secondary N) is 1. The topological polar surface area (TPSA) is 85.1 Å². The van der Waals surface area contributed by atoms with Gasteiger partial charge < -0.3 is 14.8 Å². The first-order valence-electron chi connectivity index (χ1n) is 8.53. The van der Waals surface area contributed by atoms with Crippen LogP contribution >= 0.6 is 0 Å². The van der Waals surface area contributed by atoms with E-state index in [1.807, 2.05) is 4.57 Å². The third-order valence-corrected chi connectivity index (χ3v) is 4.27. The first-order chi connectivity index (χ1) is 11.9. The fraction of sp³-hybridized carbons (Fsp3) is 0.529. The van der Waals surface area contributed by atoms with Gasteiger partial charge in [0.15, 0.2) is 5.69 Å². The SMILES string of the molecule is CC(=O)N1CCn2nc(C(=O)NCc3cncn3CC(C)C)cc2C1. The van der Waals surface area contributed by atoms with Crippen molar-refractivity contribution >= 4 is 11.8 Å². The van der Waals surface area contributed by atoms with Gasteiger partial charge in [-0.1, -0.05) is 13.8 Å². The minimum atomic E-state index is -0.214. The van der Waals surface area contributed by atoms with Gasteiger partial charge in [-0.05, 0) is 12.0 Å². The van der Waals surface area contributed by atoms with Crippen LogP contribution in [0.5, 0.6) is 0 Å². The third kappa shape index (κ3) is 3.89. The van der Waals surface area contributed by atoms with Gasteiger partial charge in [-0.3, -0.25) is 14.3 Å². The second-order valence-corrected chi connectivity index (χ2v) is 6.80. The Kier molecular flexibility index (Phi) is 4.87. The van der Waals surface area contributed by atoms with Gasteiger partial charge >= 0.3 is 0 Å². The second-order valence-electron chi connectivity index (χ2n) is 6.80. The third-order valence-electron chi connectivity index (χ3n) is 4.27. The Morgan fingerprint density at radius 2 is 2.12 bits per heavy atom. The molecule has 134 valence electrons. The van der Waals surface area contributed by atoms with E-state index in [9.17, 15) is 9.59 Å². The van der Waals surface area contributed by atoms with Crippen LogP contribution in [0.3, 0.4) is 0 Å². The fourth-order valence-electron chi connectivity index (χ4n) is 2.96. The van der Waals surface area contributed by atoms with E-state index in [0.717, 1.165) is 17.9 Å². The van der Waals surface area contributed by atoms with Crippen molar-refractivity contribution in [1.82, 2.24) is 29.5 Å². The van der Waals surface area contributed by atoms with Crippen LogP contribution in [0.2, 0.25) is 0 Å². The molecule has 3 rings (SSSR count). The average molecular weight is 344 g/mol. The number of amides is 2. The van der Waals surface area contributed by atoms with Crippen molar-refractivity contribution in [2.45, 2.75) is 47.0 Å². The maximum atomic E-state index is 12.4. The number of imidazole rings is 1. The van der Waals surface area contributed by atoms with Crippen LogP contribution in [0.4, 0.5) is 0 Å². The van der Waals surface area contributed by atoms with E-state index < -0.39 is 0 Å². The maximum Gasteiger partial charge on any atom is 0.272 e. The first kappa shape index (κ1) is 17.2. The summed E-state index contributed by atoms with van der Waals surface area (Å²) in [6.07, 6.45) is 3.55. The molecule has 0 fully saturated rings. The van der Waals surface area contributed by atoms with Crippen molar-refractivity contribution in [1.29, 1.82) is 0 Å². The van der Waals surface area contributed by atoms with E-state index in [2.05, 4.69) is 29.2 Å². The first-order valence-corrected chi connectivity index (χ1v) is 8.53. The lowest BCUT2D eigenvalue weighted by Gasteiger charge is -2.26. The van der Waals surface area contributed by atoms with E-state index >= 15 is 0 Å². The van der Waals surface area contributed by atoms with Crippen LogP contribution in [0.15, 0.2) is 18.6 Å². The van der Waals surface area contributed by atoms with Crippen LogP contribution in [0.1, 0.15) is 42.6 Å². The van der Waals surface area contributed by atoms with E-state index in [1.165, 1.54) is 0 Å². The molecule has 8 heteroatoms. The Labute approximate surface area is 146 Å². The summed E-state index contributed by atoms with van der Waals surface area (Å²) >= 11 is 0. The van der Waals surface area contributed by atoms with Crippen molar-refractivity contribution in [3.8, 4) is 0 Å². The summed E-state index contributed by atoms with van der Waals surface area (Å²) in [5.74, 6) is 0.332. The molecule has 0 aromatic carbocycles. The number of hydrogen-bond acceptors (Lipinski definition) is 4. The van der Waals surface area contributed by atoms with Crippen molar-refractivity contribution in [3.63, 3.8) is 0 Å². The molecule has 0 saturated carbocycles. The summed E-state index contributed by atoms with van der Waals surface area (Å²) in [6, 6.07) is 1.76. The Hall–Kier alpha value is -2.64. The van der Waals surface area contributed by atoms with Gasteiger partial charge in [0.1, 0.15) is 0 Å². The van der Waals surface area contributed by atoms with Crippen LogP contribution in [0.25, 0.3) is 0 Å². The molecule has 25 heavy (non-hydrogen) atoms. The van der Waals surface area contributed by atoms with Crippen LogP contribution < -0.4 is 5.32 Å². The molecule has 0 aliphatic carbocycles. The second kappa shape index (κ2) is 7.08. The largest absolute Gasteiger partial charge is 0.345 e. The van der Waals surface area contributed by atoms with Gasteiger partial charge in [-0.25, -0.2) is 4.98 Å². The normalized spacial score (nSPS) is 13.8. The molecule has 0 unspecified atom stereocenters. The number of carbonyl (C=O) groups is 2. The predicted octanol–water partition coefficient (Wildman–Crippen LogP) is 1.03. The van der Waals surface area contributed by atoms with Crippen LogP contribution in [0, 0.1) is 5.92 Å². The molecule has 2 aromatic heterocycles. The Morgan fingerprint density at radius 3 is 2.84 bits per heavy atom. The Bertz CT molecular complexity index is 776. The molecule has 0 atom stereocenters. The molecule has 1 aliphatic rings. The van der Waals surface area contributed by atoms with Gasteiger partial charge in [-0.15, -0.1) is 0 Å². The monoisotopic (exact) mass is 344 g/mol. The van der Waals surface area contributed by atoms with Crippen molar-refractivity contribution in [3.05, 3.63) is 35.7 Å². The van der Waals surface area contributed by atoms with Crippen LogP contribution in [-0.4, -0.2) is 42.6 Å². The van der Waals surface area contributed by atoms with E-state index in [0.29, 0.717) is 37.8 Å². The molecule has 0 bridgehead atoms. The predicted molar refractivity (Wildman–Crippen MR) is 91.6 cm³/mol. The number of hydrogen-bond donors (Lipinski definition) is 1. The molecular weight excluding hydrogens is 320 g/mol. The highest BCUT2D eigenvalue weighted by Crippen LogP contribution is 2.14. The zero-order chi connectivity index (χ0) is 18.0. The molecule has 8 nitrogen and oxygen atoms in total. The fourth-order valence-corrected chi connectivity index (χ4v) is 2.96. The summed E-state index contributed by atoms with van der Waals surface area (Å²) in [5.41, 5.74) is 2.24. The Balaban J connectivity index is 1.63. The van der Waals surface area contributed by atoms with E-state index in [4.69, 9.17) is 0 Å². The molecular formula is C17H24N6O2. The van der Waals surface area contributed by atoms with Gasteiger partial charge in [0, 0.05) is 26.2 Å². The molecule has 2 amide bonds. The molecule has 3 heterocycles. The lowest BCUT2D eigenvalue weighted by Crippen LogP contribution is -2.36. The molecule has 2 aromatic rings. The summed E-state index contributed by atoms with van der Waals surface area (Å²) < 4.78 is 3.85. The van der Waals surface area contributed by atoms with Gasteiger partial charge in [-0.2, -0.15) is 5.10 Å². The van der Waals surface area contributed by atoms with Gasteiger partial charge in [0.05, 0.1) is 37.3 Å². The highest BCUT2D eigenvalue weighted by molar-refractivity contribution is 5.92. The summed E-state index contributed by atoms with van der Waals surface area (Å²) in [5, 5.41) is 7.26. The van der Waals surface area contributed by atoms with Gasteiger partial charge in [0.25, 0.3) is 5.91 Å². The minimum Gasteiger partial charge on any atom is -0.345 e. The standard InChI is InChI=1S/C17H24N6O2/c1-12(2)9-22-11-18-7-15(22)8-19-17(25)16-6-14-10-21(13(3)24)4-5-23(14)20-16/h6-7,11-12H,4-5,8-10H2,1-3H3,(H,19,25). The zero-order valence-electron chi connectivity index (χ0n) is 14.9.